The minimum Gasteiger partial charge on any atom is -0.383 e. The van der Waals surface area contributed by atoms with Crippen LogP contribution in [0.3, 0.4) is 0 Å². The summed E-state index contributed by atoms with van der Waals surface area (Å²) in [5.41, 5.74) is 3.45. The van der Waals surface area contributed by atoms with Gasteiger partial charge in [0.1, 0.15) is 0 Å². The van der Waals surface area contributed by atoms with Crippen molar-refractivity contribution >= 4 is 29.9 Å². The highest BCUT2D eigenvalue weighted by atomic mass is 127. The molecule has 2 rings (SSSR count). The molecule has 2 unspecified atom stereocenters. The molecule has 28 heavy (non-hydrogen) atoms. The van der Waals surface area contributed by atoms with E-state index >= 15 is 0 Å². The van der Waals surface area contributed by atoms with Crippen LogP contribution < -0.4 is 10.6 Å². The maximum atomic E-state index is 5.17. The molecule has 0 bridgehead atoms. The van der Waals surface area contributed by atoms with Crippen molar-refractivity contribution < 1.29 is 4.74 Å². The molecule has 1 heterocycles. The van der Waals surface area contributed by atoms with Gasteiger partial charge in [0.05, 0.1) is 25.4 Å². The van der Waals surface area contributed by atoms with Crippen molar-refractivity contribution in [2.24, 2.45) is 16.8 Å². The molecule has 1 saturated carbocycles. The largest absolute Gasteiger partial charge is 0.383 e. The van der Waals surface area contributed by atoms with Gasteiger partial charge >= 0.3 is 0 Å². The first kappa shape index (κ1) is 25.2. The van der Waals surface area contributed by atoms with Gasteiger partial charge in [0.15, 0.2) is 5.96 Å². The van der Waals surface area contributed by atoms with E-state index in [1.807, 2.05) is 4.68 Å². The van der Waals surface area contributed by atoms with Crippen molar-refractivity contribution in [1.82, 2.24) is 20.4 Å². The number of hydrogen-bond donors (Lipinski definition) is 2. The van der Waals surface area contributed by atoms with E-state index in [-0.39, 0.29) is 24.0 Å². The SMILES string of the molecule is CCNC(=NCc1c(C)nn(CCOC)c1C)NCCC1CCCC(C)C1.I. The van der Waals surface area contributed by atoms with E-state index < -0.39 is 0 Å². The molecule has 0 amide bonds. The predicted molar refractivity (Wildman–Crippen MR) is 128 cm³/mol. The molecule has 0 aliphatic heterocycles. The van der Waals surface area contributed by atoms with E-state index in [0.717, 1.165) is 43.1 Å². The Morgan fingerprint density at radius 2 is 2.07 bits per heavy atom. The smallest absolute Gasteiger partial charge is 0.191 e. The zero-order chi connectivity index (χ0) is 19.6. The van der Waals surface area contributed by atoms with Gasteiger partial charge in [0, 0.05) is 31.5 Å². The first-order valence-electron chi connectivity index (χ1n) is 10.6. The first-order valence-corrected chi connectivity index (χ1v) is 10.6. The van der Waals surface area contributed by atoms with Crippen molar-refractivity contribution in [2.75, 3.05) is 26.8 Å². The van der Waals surface area contributed by atoms with Crippen molar-refractivity contribution in [2.45, 2.75) is 72.9 Å². The van der Waals surface area contributed by atoms with Gasteiger partial charge in [0.25, 0.3) is 0 Å². The number of ether oxygens (including phenoxy) is 1. The third kappa shape index (κ3) is 7.89. The van der Waals surface area contributed by atoms with Crippen LogP contribution in [-0.2, 0) is 17.8 Å². The highest BCUT2D eigenvalue weighted by molar-refractivity contribution is 14.0. The molecule has 0 spiro atoms. The molecule has 6 nitrogen and oxygen atoms in total. The van der Waals surface area contributed by atoms with Gasteiger partial charge in [-0.15, -0.1) is 24.0 Å². The van der Waals surface area contributed by atoms with E-state index in [1.165, 1.54) is 43.4 Å². The van der Waals surface area contributed by atoms with E-state index in [9.17, 15) is 0 Å². The van der Waals surface area contributed by atoms with Crippen LogP contribution in [-0.4, -0.2) is 42.5 Å². The van der Waals surface area contributed by atoms with Gasteiger partial charge in [-0.25, -0.2) is 4.99 Å². The van der Waals surface area contributed by atoms with Crippen LogP contribution in [0, 0.1) is 25.7 Å². The van der Waals surface area contributed by atoms with Gasteiger partial charge in [-0.1, -0.05) is 26.2 Å². The number of hydrogen-bond acceptors (Lipinski definition) is 3. The average Bonchev–Trinajstić information content (AvgIpc) is 2.91. The fourth-order valence-corrected chi connectivity index (χ4v) is 4.07. The number of methoxy groups -OCH3 is 1. The summed E-state index contributed by atoms with van der Waals surface area (Å²) >= 11 is 0. The number of nitrogens with one attached hydrogen (secondary N) is 2. The number of aliphatic imine (C=N–C) groups is 1. The van der Waals surface area contributed by atoms with Crippen LogP contribution in [0.4, 0.5) is 0 Å². The number of rotatable bonds is 9. The first-order chi connectivity index (χ1) is 13.0. The zero-order valence-corrected chi connectivity index (χ0v) is 20.7. The lowest BCUT2D eigenvalue weighted by Crippen LogP contribution is -2.38. The second-order valence-electron chi connectivity index (χ2n) is 7.91. The Labute approximate surface area is 188 Å². The number of nitrogens with zero attached hydrogens (tertiary/aromatic N) is 3. The van der Waals surface area contributed by atoms with Crippen LogP contribution in [0.2, 0.25) is 0 Å². The Balaban J connectivity index is 0.00000392. The molecule has 2 atom stereocenters. The third-order valence-corrected chi connectivity index (χ3v) is 5.67. The van der Waals surface area contributed by atoms with Crippen molar-refractivity contribution in [3.8, 4) is 0 Å². The number of halogens is 1. The van der Waals surface area contributed by atoms with Gasteiger partial charge in [-0.05, 0) is 45.4 Å². The van der Waals surface area contributed by atoms with E-state index in [0.29, 0.717) is 13.2 Å². The zero-order valence-electron chi connectivity index (χ0n) is 18.4. The number of guanidine groups is 1. The molecule has 1 aromatic rings. The minimum atomic E-state index is 0. The topological polar surface area (TPSA) is 63.5 Å². The maximum Gasteiger partial charge on any atom is 0.191 e. The summed E-state index contributed by atoms with van der Waals surface area (Å²) in [7, 11) is 1.72. The standard InChI is InChI=1S/C21H39N5O.HI/c1-6-22-21(23-11-10-19-9-7-8-16(2)14-19)24-15-20-17(3)25-26(18(20)4)12-13-27-5;/h16,19H,6-15H2,1-5H3,(H2,22,23,24);1H. The van der Waals surface area contributed by atoms with Crippen molar-refractivity contribution in [3.63, 3.8) is 0 Å². The monoisotopic (exact) mass is 505 g/mol. The average molecular weight is 505 g/mol. The fraction of sp³-hybridized carbons (Fsp3) is 0.810. The number of aromatic nitrogens is 2. The summed E-state index contributed by atoms with van der Waals surface area (Å²) in [5.74, 6) is 2.67. The van der Waals surface area contributed by atoms with Crippen LogP contribution in [0.5, 0.6) is 0 Å². The Bertz CT molecular complexity index is 602. The summed E-state index contributed by atoms with van der Waals surface area (Å²) in [6.07, 6.45) is 6.81. The van der Waals surface area contributed by atoms with Crippen LogP contribution in [0.25, 0.3) is 0 Å². The summed E-state index contributed by atoms with van der Waals surface area (Å²) in [6, 6.07) is 0. The molecule has 1 aliphatic carbocycles. The van der Waals surface area contributed by atoms with Gasteiger partial charge in [0.2, 0.25) is 0 Å². The molecular weight excluding hydrogens is 465 g/mol. The Hall–Kier alpha value is -0.830. The van der Waals surface area contributed by atoms with E-state index in [4.69, 9.17) is 9.73 Å². The molecule has 0 radical (unpaired) electrons. The highest BCUT2D eigenvalue weighted by Gasteiger charge is 2.18. The molecule has 1 aromatic heterocycles. The quantitative estimate of drug-likeness (QED) is 0.302. The van der Waals surface area contributed by atoms with Crippen LogP contribution in [0.15, 0.2) is 4.99 Å². The lowest BCUT2D eigenvalue weighted by molar-refractivity contribution is 0.182. The second kappa shape index (κ2) is 13.4. The fourth-order valence-electron chi connectivity index (χ4n) is 4.07. The predicted octanol–water partition coefficient (Wildman–Crippen LogP) is 4.04. The Morgan fingerprint density at radius 3 is 2.75 bits per heavy atom. The Kier molecular flexibility index (Phi) is 12.1. The molecule has 2 N–H and O–H groups in total. The Morgan fingerprint density at radius 1 is 1.29 bits per heavy atom. The van der Waals surface area contributed by atoms with E-state index in [1.54, 1.807) is 7.11 Å². The summed E-state index contributed by atoms with van der Waals surface area (Å²) in [5, 5.41) is 11.5. The van der Waals surface area contributed by atoms with Crippen LogP contribution in [0.1, 0.15) is 62.9 Å². The molecular formula is C21H40IN5O. The van der Waals surface area contributed by atoms with Gasteiger partial charge in [-0.2, -0.15) is 5.10 Å². The van der Waals surface area contributed by atoms with Crippen molar-refractivity contribution in [3.05, 3.63) is 17.0 Å². The van der Waals surface area contributed by atoms with Gasteiger partial charge < -0.3 is 15.4 Å². The molecule has 162 valence electrons. The van der Waals surface area contributed by atoms with Crippen molar-refractivity contribution in [1.29, 1.82) is 0 Å². The van der Waals surface area contributed by atoms with E-state index in [2.05, 4.69) is 43.4 Å². The molecule has 0 aromatic carbocycles. The lowest BCUT2D eigenvalue weighted by Gasteiger charge is -2.26. The van der Waals surface area contributed by atoms with Gasteiger partial charge in [-0.3, -0.25) is 4.68 Å². The maximum absolute atomic E-state index is 5.17. The normalized spacial score (nSPS) is 20.0. The summed E-state index contributed by atoms with van der Waals surface area (Å²) in [4.78, 5) is 4.81. The third-order valence-electron chi connectivity index (χ3n) is 5.67. The second-order valence-corrected chi connectivity index (χ2v) is 7.91. The molecule has 0 saturated heterocycles. The molecule has 7 heteroatoms. The highest BCUT2D eigenvalue weighted by Crippen LogP contribution is 2.30. The number of aryl methyl sites for hydroxylation is 1. The van der Waals surface area contributed by atoms with Crippen LogP contribution >= 0.6 is 24.0 Å². The summed E-state index contributed by atoms with van der Waals surface area (Å²) in [6.45, 7) is 12.7. The lowest BCUT2D eigenvalue weighted by atomic mass is 9.81. The molecule has 1 fully saturated rings. The minimum absolute atomic E-state index is 0. The molecule has 1 aliphatic rings. The summed E-state index contributed by atoms with van der Waals surface area (Å²) < 4.78 is 7.19.